The molecule has 1 N–H and O–H groups in total. The summed E-state index contributed by atoms with van der Waals surface area (Å²) in [5, 5.41) is 3.29. The number of nitrogens with one attached hydrogen (secondary N) is 1. The molecule has 0 spiro atoms. The second-order valence-corrected chi connectivity index (χ2v) is 6.58. The number of hydrogen-bond acceptors (Lipinski definition) is 2. The van der Waals surface area contributed by atoms with Gasteiger partial charge >= 0.3 is 0 Å². The molecule has 1 amide bonds. The van der Waals surface area contributed by atoms with E-state index >= 15 is 0 Å². The van der Waals surface area contributed by atoms with Crippen LogP contribution in [0.25, 0.3) is 0 Å². The minimum atomic E-state index is -0.155. The zero-order chi connectivity index (χ0) is 14.2. The van der Waals surface area contributed by atoms with Crippen LogP contribution in [0.2, 0.25) is 5.02 Å². The molecule has 0 aliphatic heterocycles. The lowest BCUT2D eigenvalue weighted by Crippen LogP contribution is -2.17. The predicted octanol–water partition coefficient (Wildman–Crippen LogP) is 4.26. The highest BCUT2D eigenvalue weighted by Crippen LogP contribution is 2.59. The minimum Gasteiger partial charge on any atom is -0.310 e. The smallest absolute Gasteiger partial charge is 0.229 e. The molecule has 102 valence electrons. The molecule has 0 aromatic carbocycles. The molecule has 1 aliphatic rings. The molecule has 19 heavy (non-hydrogen) atoms. The molecule has 1 aromatic rings. The van der Waals surface area contributed by atoms with Gasteiger partial charge in [-0.3, -0.25) is 4.79 Å². The van der Waals surface area contributed by atoms with Crippen molar-refractivity contribution < 1.29 is 4.79 Å². The molecular formula is C13H13Cl3N2O. The second kappa shape index (κ2) is 5.31. The van der Waals surface area contributed by atoms with Crippen molar-refractivity contribution in [1.82, 2.24) is 4.98 Å². The molecule has 0 radical (unpaired) electrons. The van der Waals surface area contributed by atoms with Gasteiger partial charge in [-0.2, -0.15) is 0 Å². The Kier molecular flexibility index (Phi) is 4.09. The largest absolute Gasteiger partial charge is 0.310 e. The zero-order valence-electron chi connectivity index (χ0n) is 10.5. The van der Waals surface area contributed by atoms with Gasteiger partial charge in [0.15, 0.2) is 0 Å². The van der Waals surface area contributed by atoms with Crippen LogP contribution >= 0.6 is 34.8 Å². The van der Waals surface area contributed by atoms with E-state index in [2.05, 4.69) is 10.3 Å². The number of rotatable bonds is 3. The quantitative estimate of drug-likeness (QED) is 0.904. The van der Waals surface area contributed by atoms with Crippen molar-refractivity contribution in [2.24, 2.45) is 17.3 Å². The van der Waals surface area contributed by atoms with Gasteiger partial charge in [0.1, 0.15) is 10.3 Å². The molecule has 1 fully saturated rings. The van der Waals surface area contributed by atoms with Crippen molar-refractivity contribution in [3.05, 3.63) is 33.9 Å². The average Bonchev–Trinajstić information content (AvgIpc) is 2.83. The van der Waals surface area contributed by atoms with E-state index in [0.29, 0.717) is 10.8 Å². The fourth-order valence-electron chi connectivity index (χ4n) is 2.28. The van der Waals surface area contributed by atoms with Crippen LogP contribution in [0.5, 0.6) is 0 Å². The van der Waals surface area contributed by atoms with Gasteiger partial charge in [-0.15, -0.1) is 0 Å². The molecular weight excluding hydrogens is 307 g/mol. The first-order valence-electron chi connectivity index (χ1n) is 5.77. The third-order valence-corrected chi connectivity index (χ3v) is 3.95. The van der Waals surface area contributed by atoms with Crippen LogP contribution in [-0.2, 0) is 4.79 Å². The van der Waals surface area contributed by atoms with Crippen molar-refractivity contribution >= 4 is 46.5 Å². The summed E-state index contributed by atoms with van der Waals surface area (Å²) in [4.78, 5) is 16.2. The van der Waals surface area contributed by atoms with Crippen molar-refractivity contribution in [3.63, 3.8) is 0 Å². The maximum atomic E-state index is 12.2. The Bertz CT molecular complexity index is 521. The molecule has 2 atom stereocenters. The molecule has 2 unspecified atom stereocenters. The number of carbonyl (C=O) groups is 1. The lowest BCUT2D eigenvalue weighted by molar-refractivity contribution is -0.118. The number of carbonyl (C=O) groups excluding carboxylic acids is 1. The Morgan fingerprint density at radius 1 is 1.42 bits per heavy atom. The molecule has 0 saturated heterocycles. The number of nitrogens with zero attached hydrogens (tertiary/aromatic N) is 1. The van der Waals surface area contributed by atoms with Gasteiger partial charge in [-0.25, -0.2) is 4.98 Å². The maximum absolute atomic E-state index is 12.2. The first-order chi connectivity index (χ1) is 8.82. The highest BCUT2D eigenvalue weighted by atomic mass is 35.5. The number of pyridine rings is 1. The summed E-state index contributed by atoms with van der Waals surface area (Å²) in [6, 6.07) is 3.34. The number of halogens is 3. The van der Waals surface area contributed by atoms with Gasteiger partial charge in [-0.1, -0.05) is 48.7 Å². The van der Waals surface area contributed by atoms with Gasteiger partial charge in [0, 0.05) is 6.20 Å². The Morgan fingerprint density at radius 2 is 2.11 bits per heavy atom. The molecule has 1 heterocycles. The van der Waals surface area contributed by atoms with Crippen LogP contribution < -0.4 is 5.32 Å². The molecule has 3 nitrogen and oxygen atoms in total. The highest BCUT2D eigenvalue weighted by molar-refractivity contribution is 6.55. The summed E-state index contributed by atoms with van der Waals surface area (Å²) in [6.07, 6.45) is 3.20. The van der Waals surface area contributed by atoms with Crippen LogP contribution in [0, 0.1) is 17.3 Å². The van der Waals surface area contributed by atoms with E-state index in [4.69, 9.17) is 34.8 Å². The van der Waals surface area contributed by atoms with Crippen molar-refractivity contribution in [3.8, 4) is 0 Å². The van der Waals surface area contributed by atoms with Gasteiger partial charge in [0.2, 0.25) is 5.91 Å². The summed E-state index contributed by atoms with van der Waals surface area (Å²) in [5.41, 5.74) is -0.147. The van der Waals surface area contributed by atoms with Gasteiger partial charge < -0.3 is 5.32 Å². The SMILES string of the molecule is CC1(C)C(C=C(Cl)Cl)C1C(=O)Nc1ccc(Cl)cn1. The third-order valence-electron chi connectivity index (χ3n) is 3.48. The molecule has 1 aliphatic carbocycles. The standard InChI is InChI=1S/C13H13Cl3N2O/c1-13(2)8(5-9(15)16)11(13)12(19)18-10-4-3-7(14)6-17-10/h3-6,8,11H,1-2H3,(H,17,18,19). The summed E-state index contributed by atoms with van der Waals surface area (Å²) >= 11 is 17.0. The Morgan fingerprint density at radius 3 is 2.63 bits per heavy atom. The fraction of sp³-hybridized carbons (Fsp3) is 0.385. The lowest BCUT2D eigenvalue weighted by Gasteiger charge is -2.05. The molecule has 1 saturated carbocycles. The molecule has 6 heteroatoms. The topological polar surface area (TPSA) is 42.0 Å². The van der Waals surface area contributed by atoms with Crippen molar-refractivity contribution in [2.75, 3.05) is 5.32 Å². The fourth-order valence-corrected chi connectivity index (χ4v) is 2.66. The number of aromatic nitrogens is 1. The summed E-state index contributed by atoms with van der Waals surface area (Å²) in [6.45, 7) is 4.01. The van der Waals surface area contributed by atoms with Crippen LogP contribution in [0.15, 0.2) is 28.9 Å². The number of amides is 1. The first kappa shape index (κ1) is 14.6. The molecule has 0 bridgehead atoms. The molecule has 1 aromatic heterocycles. The summed E-state index contributed by atoms with van der Waals surface area (Å²) in [5.74, 6) is 0.287. The number of hydrogen-bond donors (Lipinski definition) is 1. The predicted molar refractivity (Wildman–Crippen MR) is 78.4 cm³/mol. The minimum absolute atomic E-state index is 0.0461. The van der Waals surface area contributed by atoms with E-state index in [-0.39, 0.29) is 27.6 Å². The van der Waals surface area contributed by atoms with E-state index in [1.165, 1.54) is 6.20 Å². The normalized spacial score (nSPS) is 23.6. The van der Waals surface area contributed by atoms with Crippen LogP contribution in [0.1, 0.15) is 13.8 Å². The van der Waals surface area contributed by atoms with Crippen LogP contribution in [-0.4, -0.2) is 10.9 Å². The monoisotopic (exact) mass is 318 g/mol. The van der Waals surface area contributed by atoms with Crippen LogP contribution in [0.4, 0.5) is 5.82 Å². The lowest BCUT2D eigenvalue weighted by atomic mass is 10.1. The molecule has 2 rings (SSSR count). The zero-order valence-corrected chi connectivity index (χ0v) is 12.7. The van der Waals surface area contributed by atoms with Gasteiger partial charge in [0.25, 0.3) is 0 Å². The van der Waals surface area contributed by atoms with E-state index in [9.17, 15) is 4.79 Å². The van der Waals surface area contributed by atoms with Gasteiger partial charge in [-0.05, 0) is 29.5 Å². The van der Waals surface area contributed by atoms with E-state index in [1.807, 2.05) is 13.8 Å². The maximum Gasteiger partial charge on any atom is 0.229 e. The van der Waals surface area contributed by atoms with E-state index < -0.39 is 0 Å². The van der Waals surface area contributed by atoms with E-state index in [0.717, 1.165) is 0 Å². The van der Waals surface area contributed by atoms with Crippen molar-refractivity contribution in [2.45, 2.75) is 13.8 Å². The highest BCUT2D eigenvalue weighted by Gasteiger charge is 2.60. The summed E-state index contributed by atoms with van der Waals surface area (Å²) in [7, 11) is 0. The van der Waals surface area contributed by atoms with Crippen LogP contribution in [0.3, 0.4) is 0 Å². The summed E-state index contributed by atoms with van der Waals surface area (Å²) < 4.78 is 0.193. The van der Waals surface area contributed by atoms with Gasteiger partial charge in [0.05, 0.1) is 10.9 Å². The van der Waals surface area contributed by atoms with E-state index in [1.54, 1.807) is 18.2 Å². The Balaban J connectivity index is 2.05. The third kappa shape index (κ3) is 3.22. The Hall–Kier alpha value is -0.770. The number of anilines is 1. The first-order valence-corrected chi connectivity index (χ1v) is 6.91. The second-order valence-electron chi connectivity index (χ2n) is 5.13. The average molecular weight is 320 g/mol. The van der Waals surface area contributed by atoms with Crippen molar-refractivity contribution in [1.29, 1.82) is 0 Å². The number of allylic oxidation sites excluding steroid dienone is 1. The Labute approximate surface area is 126 Å².